The van der Waals surface area contributed by atoms with E-state index in [4.69, 9.17) is 5.26 Å². The molecule has 1 atom stereocenters. The van der Waals surface area contributed by atoms with Crippen molar-refractivity contribution in [3.8, 4) is 6.07 Å². The molecule has 8 nitrogen and oxygen atoms in total. The molecule has 0 saturated carbocycles. The van der Waals surface area contributed by atoms with E-state index in [-0.39, 0.29) is 0 Å². The molecule has 32 heavy (non-hydrogen) atoms. The molecule has 0 unspecified atom stereocenters. The van der Waals surface area contributed by atoms with Gasteiger partial charge in [0.25, 0.3) is 11.8 Å². The van der Waals surface area contributed by atoms with Crippen LogP contribution in [0.25, 0.3) is 10.9 Å². The summed E-state index contributed by atoms with van der Waals surface area (Å²) in [5, 5.41) is 12.2. The second-order valence-corrected chi connectivity index (χ2v) is 8.26. The predicted octanol–water partition coefficient (Wildman–Crippen LogP) is 1.48. The Bertz CT molecular complexity index is 1080. The number of nitriles is 1. The van der Waals surface area contributed by atoms with Crippen LogP contribution in [0.5, 0.6) is 0 Å². The van der Waals surface area contributed by atoms with Crippen molar-refractivity contribution in [2.75, 3.05) is 51.2 Å². The van der Waals surface area contributed by atoms with Crippen LogP contribution in [0.1, 0.15) is 16.8 Å². The number of benzene rings is 1. The number of hydrogen-bond acceptors (Lipinski definition) is 6. The maximum absolute atomic E-state index is 13.6. The Morgan fingerprint density at radius 1 is 1.25 bits per heavy atom. The van der Waals surface area contributed by atoms with Crippen molar-refractivity contribution >= 4 is 28.4 Å². The smallest absolute Gasteiger partial charge is 0.268 e. The number of halogens is 2. The van der Waals surface area contributed by atoms with Gasteiger partial charge in [-0.1, -0.05) is 0 Å². The van der Waals surface area contributed by atoms with E-state index >= 15 is 0 Å². The van der Waals surface area contributed by atoms with Crippen LogP contribution in [0.15, 0.2) is 30.5 Å². The van der Waals surface area contributed by atoms with E-state index in [0.717, 1.165) is 36.8 Å². The molecule has 168 valence electrons. The van der Waals surface area contributed by atoms with Crippen molar-refractivity contribution in [1.82, 2.24) is 20.1 Å². The largest absolute Gasteiger partial charge is 0.369 e. The first-order chi connectivity index (χ1) is 15.3. The molecule has 0 aliphatic carbocycles. The van der Waals surface area contributed by atoms with Crippen molar-refractivity contribution in [3.05, 3.63) is 36.0 Å². The third kappa shape index (κ3) is 4.48. The van der Waals surface area contributed by atoms with Crippen molar-refractivity contribution in [2.24, 2.45) is 0 Å². The van der Waals surface area contributed by atoms with Crippen LogP contribution in [0.4, 0.5) is 14.5 Å². The summed E-state index contributed by atoms with van der Waals surface area (Å²) in [4.78, 5) is 34.9. The molecule has 10 heteroatoms. The van der Waals surface area contributed by atoms with Gasteiger partial charge in [-0.2, -0.15) is 5.26 Å². The number of carbonyl (C=O) groups excluding carboxylic acids is 2. The Balaban J connectivity index is 1.49. The van der Waals surface area contributed by atoms with Crippen LogP contribution in [0, 0.1) is 11.3 Å². The van der Waals surface area contributed by atoms with Crippen LogP contribution in [0.3, 0.4) is 0 Å². The van der Waals surface area contributed by atoms with E-state index in [1.807, 2.05) is 18.2 Å². The van der Waals surface area contributed by atoms with Crippen molar-refractivity contribution in [1.29, 1.82) is 5.26 Å². The van der Waals surface area contributed by atoms with Gasteiger partial charge >= 0.3 is 0 Å². The highest BCUT2D eigenvalue weighted by Crippen LogP contribution is 2.31. The molecular formula is C22H24F2N6O2. The number of rotatable bonds is 4. The molecule has 2 aliphatic rings. The van der Waals surface area contributed by atoms with Crippen molar-refractivity contribution in [2.45, 2.75) is 18.4 Å². The number of piperazine rings is 1. The molecule has 0 radical (unpaired) electrons. The summed E-state index contributed by atoms with van der Waals surface area (Å²) in [7, 11) is 2.08. The zero-order chi connectivity index (χ0) is 22.9. The average molecular weight is 442 g/mol. The zero-order valence-corrected chi connectivity index (χ0v) is 17.7. The van der Waals surface area contributed by atoms with Crippen LogP contribution in [-0.4, -0.2) is 84.9 Å². The SMILES string of the molecule is CN1CCN(c2ccc3nccc(C(=O)NCC(=O)N4CC(F)(F)C[C@H]4C#N)c3c2)CC1. The summed E-state index contributed by atoms with van der Waals surface area (Å²) in [5.74, 6) is -4.31. The van der Waals surface area contributed by atoms with Gasteiger partial charge < -0.3 is 20.0 Å². The number of fused-ring (bicyclic) bond motifs is 1. The highest BCUT2D eigenvalue weighted by Gasteiger charge is 2.47. The number of aromatic nitrogens is 1. The number of alkyl halides is 2. The quantitative estimate of drug-likeness (QED) is 0.771. The molecule has 0 bridgehead atoms. The first-order valence-corrected chi connectivity index (χ1v) is 10.4. The maximum atomic E-state index is 13.6. The molecule has 4 rings (SSSR count). The molecule has 0 spiro atoms. The fourth-order valence-corrected chi connectivity index (χ4v) is 4.14. The second-order valence-electron chi connectivity index (χ2n) is 8.26. The van der Waals surface area contributed by atoms with Gasteiger partial charge in [0, 0.05) is 49.9 Å². The number of nitrogens with zero attached hydrogens (tertiary/aromatic N) is 5. The minimum absolute atomic E-state index is 0.349. The molecule has 2 saturated heterocycles. The summed E-state index contributed by atoms with van der Waals surface area (Å²) < 4.78 is 27.2. The molecule has 2 aromatic rings. The highest BCUT2D eigenvalue weighted by atomic mass is 19.3. The number of likely N-dealkylation sites (tertiary alicyclic amines) is 1. The molecule has 1 N–H and O–H groups in total. The third-order valence-electron chi connectivity index (χ3n) is 5.98. The molecule has 2 aliphatic heterocycles. The van der Waals surface area contributed by atoms with Crippen LogP contribution < -0.4 is 10.2 Å². The normalized spacial score (nSPS) is 20.9. The molecule has 2 amide bonds. The third-order valence-corrected chi connectivity index (χ3v) is 5.98. The Kier molecular flexibility index (Phi) is 5.93. The maximum Gasteiger partial charge on any atom is 0.268 e. The Hall–Kier alpha value is -3.32. The lowest BCUT2D eigenvalue weighted by molar-refractivity contribution is -0.131. The van der Waals surface area contributed by atoms with Gasteiger partial charge in [0.1, 0.15) is 6.04 Å². The van der Waals surface area contributed by atoms with E-state index in [9.17, 15) is 18.4 Å². The van der Waals surface area contributed by atoms with E-state index in [2.05, 4.69) is 27.1 Å². The van der Waals surface area contributed by atoms with Gasteiger partial charge in [-0.25, -0.2) is 8.78 Å². The van der Waals surface area contributed by atoms with Crippen LogP contribution >= 0.6 is 0 Å². The van der Waals surface area contributed by atoms with Gasteiger partial charge in [-0.05, 0) is 31.3 Å². The van der Waals surface area contributed by atoms with Gasteiger partial charge in [-0.3, -0.25) is 14.6 Å². The number of carbonyl (C=O) groups is 2. The average Bonchev–Trinajstić information content (AvgIpc) is 3.11. The Labute approximate surface area is 184 Å². The van der Waals surface area contributed by atoms with E-state index < -0.39 is 43.3 Å². The lowest BCUT2D eigenvalue weighted by Crippen LogP contribution is -2.44. The number of anilines is 1. The Morgan fingerprint density at radius 2 is 2.00 bits per heavy atom. The van der Waals surface area contributed by atoms with Crippen LogP contribution in [0.2, 0.25) is 0 Å². The van der Waals surface area contributed by atoms with E-state index in [0.29, 0.717) is 16.5 Å². The van der Waals surface area contributed by atoms with Gasteiger partial charge in [-0.15, -0.1) is 0 Å². The van der Waals surface area contributed by atoms with Crippen LogP contribution in [-0.2, 0) is 4.79 Å². The summed E-state index contributed by atoms with van der Waals surface area (Å²) in [5.41, 5.74) is 1.98. The topological polar surface area (TPSA) is 92.6 Å². The number of pyridine rings is 1. The number of nitrogens with one attached hydrogen (secondary N) is 1. The second kappa shape index (κ2) is 8.67. The fraction of sp³-hybridized carbons (Fsp3) is 0.455. The summed E-state index contributed by atoms with van der Waals surface area (Å²) >= 11 is 0. The van der Waals surface area contributed by atoms with Crippen molar-refractivity contribution < 1.29 is 18.4 Å². The van der Waals surface area contributed by atoms with Gasteiger partial charge in [0.15, 0.2) is 0 Å². The monoisotopic (exact) mass is 442 g/mol. The van der Waals surface area contributed by atoms with Crippen molar-refractivity contribution in [3.63, 3.8) is 0 Å². The lowest BCUT2D eigenvalue weighted by atomic mass is 10.1. The van der Waals surface area contributed by atoms with Gasteiger partial charge in [0.2, 0.25) is 5.91 Å². The first kappa shape index (κ1) is 21.9. The molecule has 2 fully saturated rings. The molecule has 3 heterocycles. The highest BCUT2D eigenvalue weighted by molar-refractivity contribution is 6.07. The number of hydrogen-bond donors (Lipinski definition) is 1. The molecule has 1 aromatic carbocycles. The van der Waals surface area contributed by atoms with E-state index in [1.54, 1.807) is 12.1 Å². The summed E-state index contributed by atoms with van der Waals surface area (Å²) in [6, 6.07) is 7.85. The summed E-state index contributed by atoms with van der Waals surface area (Å²) in [6.07, 6.45) is 0.828. The zero-order valence-electron chi connectivity index (χ0n) is 17.7. The number of amides is 2. The first-order valence-electron chi connectivity index (χ1n) is 10.4. The number of likely N-dealkylation sites (N-methyl/N-ethyl adjacent to an activating group) is 1. The minimum Gasteiger partial charge on any atom is -0.369 e. The summed E-state index contributed by atoms with van der Waals surface area (Å²) in [6.45, 7) is 2.36. The van der Waals surface area contributed by atoms with Gasteiger partial charge in [0.05, 0.1) is 30.2 Å². The Morgan fingerprint density at radius 3 is 2.72 bits per heavy atom. The van der Waals surface area contributed by atoms with E-state index in [1.165, 1.54) is 6.20 Å². The fourth-order valence-electron chi connectivity index (χ4n) is 4.14. The lowest BCUT2D eigenvalue weighted by Gasteiger charge is -2.34. The molecular weight excluding hydrogens is 418 g/mol. The standard InChI is InChI=1S/C22H24F2N6O2/c1-28-6-8-29(9-7-28)15-2-3-19-18(10-15)17(4-5-26-19)21(32)27-13-20(31)30-14-22(23,24)11-16(30)12-25/h2-5,10,16H,6-9,11,13-14H2,1H3,(H,27,32)/t16-/m0/s1. The minimum atomic E-state index is -3.10. The predicted molar refractivity (Wildman–Crippen MR) is 114 cm³/mol. The molecule has 1 aromatic heterocycles.